The van der Waals surface area contributed by atoms with Crippen molar-refractivity contribution < 1.29 is 19.4 Å². The molecule has 0 heterocycles. The minimum absolute atomic E-state index is 0.468. The summed E-state index contributed by atoms with van der Waals surface area (Å²) in [6.45, 7) is 0. The smallest absolute Gasteiger partial charge is 0.254 e. The molecule has 24 heavy (non-hydrogen) atoms. The average molecular weight is 336 g/mol. The fourth-order valence-corrected chi connectivity index (χ4v) is 3.24. The lowest BCUT2D eigenvalue weighted by Crippen LogP contribution is -2.44. The lowest BCUT2D eigenvalue weighted by atomic mass is 9.84. The fraction of sp³-hybridized carbons (Fsp3) is 0.611. The molecular weight excluding hydrogens is 308 g/mol. The molecule has 1 unspecified atom stereocenters. The Balaban J connectivity index is 1.95. The van der Waals surface area contributed by atoms with E-state index >= 15 is 0 Å². The van der Waals surface area contributed by atoms with Crippen LogP contribution in [0.3, 0.4) is 0 Å². The first-order valence-electron chi connectivity index (χ1n) is 8.51. The third kappa shape index (κ3) is 4.85. The molecule has 134 valence electrons. The molecule has 4 N–H and O–H groups in total. The molecule has 0 radical (unpaired) electrons. The zero-order valence-corrected chi connectivity index (χ0v) is 14.5. The maximum absolute atomic E-state index is 12.3. The van der Waals surface area contributed by atoms with Crippen molar-refractivity contribution in [2.45, 2.75) is 50.7 Å². The predicted molar refractivity (Wildman–Crippen MR) is 93.3 cm³/mol. The molecule has 1 aliphatic carbocycles. The number of benzene rings is 1. The van der Waals surface area contributed by atoms with E-state index in [-0.39, 0.29) is 0 Å². The number of nitrogens with two attached hydrogens (primary N) is 1. The summed E-state index contributed by atoms with van der Waals surface area (Å²) in [5.74, 6) is 1.09. The van der Waals surface area contributed by atoms with Crippen LogP contribution >= 0.6 is 0 Å². The van der Waals surface area contributed by atoms with Crippen molar-refractivity contribution in [2.75, 3.05) is 19.5 Å². The van der Waals surface area contributed by atoms with E-state index in [0.717, 1.165) is 12.8 Å². The van der Waals surface area contributed by atoms with Crippen molar-refractivity contribution in [1.29, 1.82) is 0 Å². The molecule has 0 bridgehead atoms. The van der Waals surface area contributed by atoms with E-state index in [9.17, 15) is 9.90 Å². The van der Waals surface area contributed by atoms with Crippen LogP contribution in [0.15, 0.2) is 18.2 Å². The van der Waals surface area contributed by atoms with Gasteiger partial charge in [-0.15, -0.1) is 0 Å². The topological polar surface area (TPSA) is 93.8 Å². The third-order valence-electron chi connectivity index (χ3n) is 4.67. The van der Waals surface area contributed by atoms with Crippen LogP contribution < -0.4 is 20.5 Å². The first-order valence-corrected chi connectivity index (χ1v) is 8.51. The number of amides is 1. The molecule has 6 heteroatoms. The van der Waals surface area contributed by atoms with E-state index in [1.165, 1.54) is 26.4 Å². The molecule has 0 aliphatic heterocycles. The molecule has 2 rings (SSSR count). The van der Waals surface area contributed by atoms with Gasteiger partial charge in [0.15, 0.2) is 0 Å². The summed E-state index contributed by atoms with van der Waals surface area (Å²) in [6.07, 6.45) is 5.40. The molecule has 6 nitrogen and oxygen atoms in total. The molecule has 1 aromatic rings. The van der Waals surface area contributed by atoms with E-state index < -0.39 is 18.1 Å². The molecular formula is C18H28N2O4. The maximum atomic E-state index is 12.3. The summed E-state index contributed by atoms with van der Waals surface area (Å²) in [5, 5.41) is 12.9. The van der Waals surface area contributed by atoms with Gasteiger partial charge in [-0.25, -0.2) is 0 Å². The van der Waals surface area contributed by atoms with Gasteiger partial charge >= 0.3 is 0 Å². The number of nitrogens with one attached hydrogen (secondary N) is 1. The second-order valence-electron chi connectivity index (χ2n) is 6.40. The van der Waals surface area contributed by atoms with Crippen molar-refractivity contribution in [3.8, 4) is 11.5 Å². The van der Waals surface area contributed by atoms with Crippen molar-refractivity contribution in [2.24, 2.45) is 11.7 Å². The minimum Gasteiger partial charge on any atom is -0.497 e. The number of ether oxygens (including phenoxy) is 2. The fourth-order valence-electron chi connectivity index (χ4n) is 3.24. The van der Waals surface area contributed by atoms with Crippen molar-refractivity contribution >= 4 is 11.6 Å². The van der Waals surface area contributed by atoms with Gasteiger partial charge in [0, 0.05) is 12.1 Å². The predicted octanol–water partition coefficient (Wildman–Crippen LogP) is 2.30. The number of anilines is 1. The number of aliphatic hydroxyl groups excluding tert-OH is 1. The van der Waals surface area contributed by atoms with E-state index in [0.29, 0.717) is 29.5 Å². The lowest BCUT2D eigenvalue weighted by molar-refractivity contribution is -0.125. The molecule has 1 amide bonds. The van der Waals surface area contributed by atoms with E-state index in [2.05, 4.69) is 5.32 Å². The molecule has 0 aromatic heterocycles. The Bertz CT molecular complexity index is 544. The Kier molecular flexibility index (Phi) is 6.87. The van der Waals surface area contributed by atoms with Crippen LogP contribution in [0.4, 0.5) is 5.69 Å². The van der Waals surface area contributed by atoms with Crippen molar-refractivity contribution in [3.05, 3.63) is 18.2 Å². The van der Waals surface area contributed by atoms with E-state index in [4.69, 9.17) is 15.2 Å². The molecule has 1 aliphatic rings. The van der Waals surface area contributed by atoms with Crippen LogP contribution in [0.1, 0.15) is 38.5 Å². The van der Waals surface area contributed by atoms with Gasteiger partial charge in [-0.1, -0.05) is 32.1 Å². The number of carbonyl (C=O) groups is 1. The number of hydrogen-bond acceptors (Lipinski definition) is 5. The highest BCUT2D eigenvalue weighted by atomic mass is 16.5. The number of carbonyl (C=O) groups excluding carboxylic acids is 1. The van der Waals surface area contributed by atoms with E-state index in [1.807, 2.05) is 0 Å². The van der Waals surface area contributed by atoms with Crippen LogP contribution in [0.2, 0.25) is 0 Å². The Labute approximate surface area is 143 Å². The number of aliphatic hydroxyl groups is 1. The van der Waals surface area contributed by atoms with E-state index in [1.54, 1.807) is 25.3 Å². The molecule has 0 spiro atoms. The summed E-state index contributed by atoms with van der Waals surface area (Å²) in [5.41, 5.74) is 6.54. The summed E-state index contributed by atoms with van der Waals surface area (Å²) in [6, 6.07) is 4.50. The van der Waals surface area contributed by atoms with Crippen LogP contribution in [-0.2, 0) is 4.79 Å². The van der Waals surface area contributed by atoms with Gasteiger partial charge in [0.2, 0.25) is 0 Å². The highest BCUT2D eigenvalue weighted by molar-refractivity contribution is 5.95. The second-order valence-corrected chi connectivity index (χ2v) is 6.40. The van der Waals surface area contributed by atoms with Gasteiger partial charge in [-0.05, 0) is 24.5 Å². The van der Waals surface area contributed by atoms with Gasteiger partial charge in [0.05, 0.1) is 19.9 Å². The van der Waals surface area contributed by atoms with Crippen LogP contribution in [0, 0.1) is 5.92 Å². The van der Waals surface area contributed by atoms with Gasteiger partial charge in [-0.2, -0.15) is 0 Å². The Morgan fingerprint density at radius 2 is 2.00 bits per heavy atom. The standard InChI is InChI=1S/C18H28N2O4/c1-23-13-8-9-15(16(11-13)24-2)20-18(22)17(21)14(19)10-12-6-4-3-5-7-12/h8-9,11-12,14,17,21H,3-7,10,19H2,1-2H3,(H,20,22)/t14-,17?/m1/s1. The number of hydrogen-bond donors (Lipinski definition) is 3. The van der Waals surface area contributed by atoms with Crippen molar-refractivity contribution in [3.63, 3.8) is 0 Å². The highest BCUT2D eigenvalue weighted by Gasteiger charge is 2.27. The van der Waals surface area contributed by atoms with Crippen LogP contribution in [-0.4, -0.2) is 37.4 Å². The van der Waals surface area contributed by atoms with Gasteiger partial charge < -0.3 is 25.6 Å². The Morgan fingerprint density at radius 1 is 1.29 bits per heavy atom. The monoisotopic (exact) mass is 336 g/mol. The zero-order chi connectivity index (χ0) is 17.5. The average Bonchev–Trinajstić information content (AvgIpc) is 2.62. The maximum Gasteiger partial charge on any atom is 0.254 e. The van der Waals surface area contributed by atoms with Gasteiger partial charge in [0.25, 0.3) is 5.91 Å². The Hall–Kier alpha value is -1.79. The summed E-state index contributed by atoms with van der Waals surface area (Å²) < 4.78 is 10.4. The third-order valence-corrected chi connectivity index (χ3v) is 4.67. The first-order chi connectivity index (χ1) is 11.5. The van der Waals surface area contributed by atoms with Crippen LogP contribution in [0.25, 0.3) is 0 Å². The zero-order valence-electron chi connectivity index (χ0n) is 14.5. The normalized spacial score (nSPS) is 17.8. The molecule has 1 fully saturated rings. The highest BCUT2D eigenvalue weighted by Crippen LogP contribution is 2.30. The Morgan fingerprint density at radius 3 is 2.62 bits per heavy atom. The minimum atomic E-state index is -1.24. The van der Waals surface area contributed by atoms with Crippen LogP contribution in [0.5, 0.6) is 11.5 Å². The van der Waals surface area contributed by atoms with Gasteiger partial charge in [0.1, 0.15) is 17.6 Å². The van der Waals surface area contributed by atoms with Crippen molar-refractivity contribution in [1.82, 2.24) is 0 Å². The summed E-state index contributed by atoms with van der Waals surface area (Å²) in [4.78, 5) is 12.3. The number of rotatable bonds is 7. The molecule has 0 saturated heterocycles. The lowest BCUT2D eigenvalue weighted by Gasteiger charge is -2.26. The molecule has 2 atom stereocenters. The second kappa shape index (κ2) is 8.89. The SMILES string of the molecule is COc1ccc(NC(=O)C(O)[C@H](N)CC2CCCCC2)c(OC)c1. The summed E-state index contributed by atoms with van der Waals surface area (Å²) in [7, 11) is 3.07. The first kappa shape index (κ1) is 18.5. The summed E-state index contributed by atoms with van der Waals surface area (Å²) >= 11 is 0. The molecule has 1 aromatic carbocycles. The van der Waals surface area contributed by atoms with Gasteiger partial charge in [-0.3, -0.25) is 4.79 Å². The quantitative estimate of drug-likeness (QED) is 0.710. The number of methoxy groups -OCH3 is 2. The largest absolute Gasteiger partial charge is 0.497 e. The molecule has 1 saturated carbocycles.